The SMILES string of the molecule is Cc1cc(C)cc(P(c2cc(C)cc(C)c2)c2ccccc2CN[C@@H]2CCCC[C@H]2NCc2ccccc2P(c2cc(C)cc(C)c2)c2cc(C)cc(C)c2)c1.[Ru]. The van der Waals surface area contributed by atoms with Gasteiger partial charge >= 0.3 is 0 Å². The van der Waals surface area contributed by atoms with E-state index in [4.69, 9.17) is 0 Å². The van der Waals surface area contributed by atoms with Crippen molar-refractivity contribution in [2.24, 2.45) is 0 Å². The van der Waals surface area contributed by atoms with Gasteiger partial charge in [-0.2, -0.15) is 0 Å². The van der Waals surface area contributed by atoms with Crippen LogP contribution in [0.15, 0.2) is 121 Å². The van der Waals surface area contributed by atoms with Gasteiger partial charge in [0.15, 0.2) is 0 Å². The first-order chi connectivity index (χ1) is 27.0. The van der Waals surface area contributed by atoms with Gasteiger partial charge in [0, 0.05) is 44.7 Å². The van der Waals surface area contributed by atoms with Crippen molar-refractivity contribution >= 4 is 47.7 Å². The molecule has 0 amide bonds. The molecule has 296 valence electrons. The molecular weight excluding hydrogens is 816 g/mol. The molecule has 1 aliphatic carbocycles. The van der Waals surface area contributed by atoms with E-state index in [0.717, 1.165) is 13.1 Å². The molecule has 5 heteroatoms. The van der Waals surface area contributed by atoms with Crippen LogP contribution < -0.4 is 42.5 Å². The van der Waals surface area contributed by atoms with Crippen LogP contribution in [0.25, 0.3) is 0 Å². The van der Waals surface area contributed by atoms with E-state index in [2.05, 4.69) is 187 Å². The molecule has 1 saturated carbocycles. The predicted molar refractivity (Wildman–Crippen MR) is 248 cm³/mol. The molecule has 0 radical (unpaired) electrons. The molecule has 6 aromatic carbocycles. The van der Waals surface area contributed by atoms with Crippen LogP contribution in [0.2, 0.25) is 0 Å². The van der Waals surface area contributed by atoms with Crippen LogP contribution >= 0.6 is 15.8 Å². The van der Waals surface area contributed by atoms with Crippen molar-refractivity contribution < 1.29 is 19.5 Å². The van der Waals surface area contributed by atoms with E-state index < -0.39 is 15.8 Å². The van der Waals surface area contributed by atoms with Crippen molar-refractivity contribution in [1.29, 1.82) is 0 Å². The van der Waals surface area contributed by atoms with Gasteiger partial charge < -0.3 is 10.6 Å². The third-order valence-corrected chi connectivity index (χ3v) is 16.1. The van der Waals surface area contributed by atoms with E-state index >= 15 is 0 Å². The van der Waals surface area contributed by atoms with Crippen molar-refractivity contribution in [1.82, 2.24) is 10.6 Å². The largest absolute Gasteiger partial charge is 0.308 e. The quantitative estimate of drug-likeness (QED) is 0.0946. The maximum atomic E-state index is 4.13. The molecule has 0 spiro atoms. The second-order valence-electron chi connectivity index (χ2n) is 16.6. The van der Waals surface area contributed by atoms with E-state index in [1.54, 1.807) is 0 Å². The van der Waals surface area contributed by atoms with E-state index in [1.807, 2.05) is 0 Å². The van der Waals surface area contributed by atoms with Gasteiger partial charge in [0.2, 0.25) is 0 Å². The van der Waals surface area contributed by atoms with Crippen LogP contribution in [0.3, 0.4) is 0 Å². The van der Waals surface area contributed by atoms with Gasteiger partial charge in [0.1, 0.15) is 0 Å². The van der Waals surface area contributed by atoms with Crippen LogP contribution in [-0.2, 0) is 32.6 Å². The van der Waals surface area contributed by atoms with Gasteiger partial charge in [-0.1, -0.05) is 179 Å². The summed E-state index contributed by atoms with van der Waals surface area (Å²) in [5, 5.41) is 16.9. The Morgan fingerprint density at radius 2 is 0.667 bits per heavy atom. The summed E-state index contributed by atoms with van der Waals surface area (Å²) in [6, 6.07) is 47.9. The number of hydrogen-bond acceptors (Lipinski definition) is 2. The summed E-state index contributed by atoms with van der Waals surface area (Å²) in [5.74, 6) is 0. The maximum Gasteiger partial charge on any atom is 0.0224 e. The summed E-state index contributed by atoms with van der Waals surface area (Å²) >= 11 is 0. The van der Waals surface area contributed by atoms with Crippen LogP contribution in [0.1, 0.15) is 81.3 Å². The average Bonchev–Trinajstić information content (AvgIpc) is 3.13. The molecule has 57 heavy (non-hydrogen) atoms. The minimum absolute atomic E-state index is 0. The Kier molecular flexibility index (Phi) is 14.9. The maximum absolute atomic E-state index is 4.13. The molecule has 7 rings (SSSR count). The molecule has 1 fully saturated rings. The zero-order chi connectivity index (χ0) is 39.3. The van der Waals surface area contributed by atoms with Gasteiger partial charge in [0.05, 0.1) is 0 Å². The normalized spacial score (nSPS) is 15.5. The fraction of sp³-hybridized carbons (Fsp3) is 0.308. The summed E-state index contributed by atoms with van der Waals surface area (Å²) in [6.45, 7) is 19.6. The minimum atomic E-state index is -0.720. The van der Waals surface area contributed by atoms with E-state index in [9.17, 15) is 0 Å². The molecule has 0 saturated heterocycles. The third kappa shape index (κ3) is 10.9. The molecule has 0 aliphatic heterocycles. The predicted octanol–water partition coefficient (Wildman–Crippen LogP) is 9.86. The van der Waals surface area contributed by atoms with Crippen molar-refractivity contribution in [3.05, 3.63) is 177 Å². The Morgan fingerprint density at radius 3 is 0.947 bits per heavy atom. The molecule has 1 aliphatic rings. The van der Waals surface area contributed by atoms with Crippen LogP contribution in [0.5, 0.6) is 0 Å². The van der Waals surface area contributed by atoms with Gasteiger partial charge in [-0.15, -0.1) is 0 Å². The molecule has 0 heterocycles. The standard InChI is InChI=1S/C52H60N2P2.Ru/c1-35-21-36(2)26-45(25-35)55(46-27-37(3)22-38(4)28-46)51-19-13-9-15-43(51)33-53-49-17-11-12-18-50(49)54-34-44-16-10-14-20-52(44)56(47-29-39(5)23-40(6)30-47)48-31-41(7)24-42(8)32-48;/h9-10,13-16,19-32,49-50,53-54H,11-12,17-18,33-34H2,1-8H3;/t49-,50-;/m1./s1. The van der Waals surface area contributed by atoms with Gasteiger partial charge in [-0.05, 0) is 127 Å². The number of hydrogen-bond donors (Lipinski definition) is 2. The van der Waals surface area contributed by atoms with Crippen LogP contribution in [-0.4, -0.2) is 12.1 Å². The Hall–Kier alpha value is -3.28. The first-order valence-electron chi connectivity index (χ1n) is 20.6. The average molecular weight is 876 g/mol. The molecule has 0 bridgehead atoms. The van der Waals surface area contributed by atoms with Crippen LogP contribution in [0.4, 0.5) is 0 Å². The monoisotopic (exact) mass is 876 g/mol. The van der Waals surface area contributed by atoms with Gasteiger partial charge in [0.25, 0.3) is 0 Å². The van der Waals surface area contributed by atoms with Crippen molar-refractivity contribution in [2.45, 2.75) is 106 Å². The molecule has 2 nitrogen and oxygen atoms in total. The summed E-state index contributed by atoms with van der Waals surface area (Å²) in [6.07, 6.45) is 4.94. The third-order valence-electron chi connectivity index (χ3n) is 11.2. The fourth-order valence-electron chi connectivity index (χ4n) is 9.03. The second kappa shape index (κ2) is 19.7. The zero-order valence-corrected chi connectivity index (χ0v) is 38.7. The number of aryl methyl sites for hydroxylation is 8. The molecule has 0 unspecified atom stereocenters. The number of nitrogens with one attached hydrogen (secondary N) is 2. The summed E-state index contributed by atoms with van der Waals surface area (Å²) < 4.78 is 0. The van der Waals surface area contributed by atoms with Crippen LogP contribution in [0, 0.1) is 55.4 Å². The fourth-order valence-corrected chi connectivity index (χ4v) is 14.8. The van der Waals surface area contributed by atoms with Gasteiger partial charge in [-0.3, -0.25) is 0 Å². The number of benzene rings is 6. The summed E-state index contributed by atoms with van der Waals surface area (Å²) in [7, 11) is -1.44. The molecule has 2 atom stereocenters. The van der Waals surface area contributed by atoms with E-state index in [-0.39, 0.29) is 19.5 Å². The minimum Gasteiger partial charge on any atom is -0.308 e. The summed E-state index contributed by atoms with van der Waals surface area (Å²) in [4.78, 5) is 0. The van der Waals surface area contributed by atoms with Crippen molar-refractivity contribution in [3.63, 3.8) is 0 Å². The van der Waals surface area contributed by atoms with Crippen molar-refractivity contribution in [3.8, 4) is 0 Å². The molecule has 2 N–H and O–H groups in total. The smallest absolute Gasteiger partial charge is 0.0224 e. The molecular formula is C52H60N2P2Ru. The Balaban J connectivity index is 0.00000549. The Morgan fingerprint density at radius 1 is 0.404 bits per heavy atom. The first-order valence-corrected chi connectivity index (χ1v) is 23.2. The summed E-state index contributed by atoms with van der Waals surface area (Å²) in [5.41, 5.74) is 13.5. The van der Waals surface area contributed by atoms with Gasteiger partial charge in [-0.25, -0.2) is 0 Å². The second-order valence-corrected chi connectivity index (χ2v) is 20.9. The van der Waals surface area contributed by atoms with E-state index in [0.29, 0.717) is 12.1 Å². The van der Waals surface area contributed by atoms with E-state index in [1.165, 1.54) is 113 Å². The molecule has 6 aromatic rings. The zero-order valence-electron chi connectivity index (χ0n) is 35.2. The Labute approximate surface area is 359 Å². The van der Waals surface area contributed by atoms with Crippen molar-refractivity contribution in [2.75, 3.05) is 0 Å². The number of rotatable bonds is 12. The Bertz CT molecular complexity index is 1970. The first kappa shape index (κ1) is 43.3. The molecule has 0 aromatic heterocycles. The topological polar surface area (TPSA) is 24.1 Å².